The van der Waals surface area contributed by atoms with Gasteiger partial charge >= 0.3 is 5.97 Å². The number of oxazole rings is 1. The van der Waals surface area contributed by atoms with Crippen molar-refractivity contribution in [2.45, 2.75) is 25.7 Å². The molecule has 0 aliphatic carbocycles. The van der Waals surface area contributed by atoms with Crippen LogP contribution < -0.4 is 0 Å². The highest BCUT2D eigenvalue weighted by molar-refractivity contribution is 5.66. The van der Waals surface area contributed by atoms with Crippen molar-refractivity contribution in [2.24, 2.45) is 0 Å². The fourth-order valence-electron chi connectivity index (χ4n) is 1.73. The Morgan fingerprint density at radius 3 is 2.78 bits per heavy atom. The molecule has 1 N–H and O–H groups in total. The number of aryl methyl sites for hydroxylation is 1. The lowest BCUT2D eigenvalue weighted by Gasteiger charge is -1.96. The first kappa shape index (κ1) is 12.4. The Balaban J connectivity index is 1.88. The molecule has 4 heteroatoms. The Bertz CT molecular complexity index is 505. The van der Waals surface area contributed by atoms with Crippen molar-refractivity contribution in [3.63, 3.8) is 0 Å². The van der Waals surface area contributed by atoms with Crippen LogP contribution in [-0.2, 0) is 17.6 Å². The first-order chi connectivity index (χ1) is 8.74. The second-order valence-electron chi connectivity index (χ2n) is 4.13. The van der Waals surface area contributed by atoms with Crippen molar-refractivity contribution in [1.82, 2.24) is 4.98 Å². The average molecular weight is 245 g/mol. The number of nitrogens with zero attached hydrogens (tertiary/aromatic N) is 1. The third-order valence-electron chi connectivity index (χ3n) is 2.61. The molecule has 0 unspecified atom stereocenters. The van der Waals surface area contributed by atoms with Crippen molar-refractivity contribution in [1.29, 1.82) is 0 Å². The van der Waals surface area contributed by atoms with Gasteiger partial charge in [0.15, 0.2) is 5.89 Å². The minimum Gasteiger partial charge on any atom is -0.481 e. The molecule has 18 heavy (non-hydrogen) atoms. The van der Waals surface area contributed by atoms with E-state index in [0.717, 1.165) is 11.3 Å². The van der Waals surface area contributed by atoms with Gasteiger partial charge in [-0.3, -0.25) is 4.79 Å². The molecule has 0 amide bonds. The molecule has 1 aromatic carbocycles. The zero-order valence-electron chi connectivity index (χ0n) is 10.0. The van der Waals surface area contributed by atoms with E-state index in [1.807, 2.05) is 30.3 Å². The van der Waals surface area contributed by atoms with Gasteiger partial charge in [-0.25, -0.2) is 4.98 Å². The van der Waals surface area contributed by atoms with E-state index < -0.39 is 5.97 Å². The number of benzene rings is 1. The highest BCUT2D eigenvalue weighted by Crippen LogP contribution is 2.12. The van der Waals surface area contributed by atoms with Gasteiger partial charge < -0.3 is 9.52 Å². The molecule has 0 aliphatic heterocycles. The van der Waals surface area contributed by atoms with Gasteiger partial charge in [0, 0.05) is 19.3 Å². The molecule has 0 saturated carbocycles. The number of carboxylic acids is 1. The predicted octanol–water partition coefficient (Wildman–Crippen LogP) is 2.67. The Kier molecular flexibility index (Phi) is 4.12. The number of carbonyl (C=O) groups is 1. The van der Waals surface area contributed by atoms with Crippen molar-refractivity contribution in [2.75, 3.05) is 0 Å². The summed E-state index contributed by atoms with van der Waals surface area (Å²) in [5.74, 6) is 0.646. The summed E-state index contributed by atoms with van der Waals surface area (Å²) in [4.78, 5) is 14.6. The zero-order valence-corrected chi connectivity index (χ0v) is 10.0. The van der Waals surface area contributed by atoms with Crippen LogP contribution in [0.5, 0.6) is 0 Å². The van der Waals surface area contributed by atoms with Crippen molar-refractivity contribution in [3.05, 3.63) is 53.7 Å². The molecule has 4 nitrogen and oxygen atoms in total. The standard InChI is InChI=1S/C14H15NO3/c16-14(17)8-4-7-12-10-15-13(18-12)9-11-5-2-1-3-6-11/h1-3,5-6,10H,4,7-9H2,(H,16,17). The van der Waals surface area contributed by atoms with Crippen molar-refractivity contribution < 1.29 is 14.3 Å². The van der Waals surface area contributed by atoms with Crippen molar-refractivity contribution in [3.8, 4) is 0 Å². The van der Waals surface area contributed by atoms with Crippen LogP contribution in [0.15, 0.2) is 40.9 Å². The van der Waals surface area contributed by atoms with E-state index in [1.54, 1.807) is 6.20 Å². The van der Waals surface area contributed by atoms with Crippen LogP contribution in [0, 0.1) is 0 Å². The largest absolute Gasteiger partial charge is 0.481 e. The van der Waals surface area contributed by atoms with Crippen LogP contribution in [0.2, 0.25) is 0 Å². The molecular formula is C14H15NO3. The smallest absolute Gasteiger partial charge is 0.303 e. The molecule has 2 rings (SSSR count). The van der Waals surface area contributed by atoms with Crippen LogP contribution in [0.4, 0.5) is 0 Å². The minimum absolute atomic E-state index is 0.161. The molecule has 0 spiro atoms. The Labute approximate surface area is 105 Å². The van der Waals surface area contributed by atoms with Gasteiger partial charge in [0.2, 0.25) is 0 Å². The highest BCUT2D eigenvalue weighted by atomic mass is 16.4. The second-order valence-corrected chi connectivity index (χ2v) is 4.13. The maximum absolute atomic E-state index is 10.4. The van der Waals surface area contributed by atoms with Crippen LogP contribution in [0.3, 0.4) is 0 Å². The van der Waals surface area contributed by atoms with Crippen LogP contribution in [-0.4, -0.2) is 16.1 Å². The molecule has 0 bridgehead atoms. The molecule has 0 fully saturated rings. The summed E-state index contributed by atoms with van der Waals surface area (Å²) in [7, 11) is 0. The topological polar surface area (TPSA) is 63.3 Å². The van der Waals surface area contributed by atoms with Crippen molar-refractivity contribution >= 4 is 5.97 Å². The van der Waals surface area contributed by atoms with E-state index in [4.69, 9.17) is 9.52 Å². The van der Waals surface area contributed by atoms with E-state index in [2.05, 4.69) is 4.98 Å². The van der Waals surface area contributed by atoms with Crippen LogP contribution in [0.1, 0.15) is 30.1 Å². The van der Waals surface area contributed by atoms with E-state index in [1.165, 1.54) is 0 Å². The van der Waals surface area contributed by atoms with Crippen LogP contribution in [0.25, 0.3) is 0 Å². The van der Waals surface area contributed by atoms with E-state index in [0.29, 0.717) is 25.2 Å². The number of carboxylic acid groups (broad SMARTS) is 1. The fourth-order valence-corrected chi connectivity index (χ4v) is 1.73. The first-order valence-electron chi connectivity index (χ1n) is 5.93. The Hall–Kier alpha value is -2.10. The summed E-state index contributed by atoms with van der Waals surface area (Å²) in [5, 5.41) is 8.55. The summed E-state index contributed by atoms with van der Waals surface area (Å²) < 4.78 is 5.57. The Morgan fingerprint density at radius 1 is 1.28 bits per heavy atom. The fraction of sp³-hybridized carbons (Fsp3) is 0.286. The van der Waals surface area contributed by atoms with E-state index in [-0.39, 0.29) is 6.42 Å². The highest BCUT2D eigenvalue weighted by Gasteiger charge is 2.06. The van der Waals surface area contributed by atoms with Gasteiger partial charge in [-0.05, 0) is 12.0 Å². The molecule has 0 radical (unpaired) electrons. The third-order valence-corrected chi connectivity index (χ3v) is 2.61. The average Bonchev–Trinajstić information content (AvgIpc) is 2.78. The van der Waals surface area contributed by atoms with Crippen LogP contribution >= 0.6 is 0 Å². The number of hydrogen-bond acceptors (Lipinski definition) is 3. The number of aliphatic carboxylic acids is 1. The second kappa shape index (κ2) is 6.00. The summed E-state index contributed by atoms with van der Waals surface area (Å²) >= 11 is 0. The molecule has 0 saturated heterocycles. The summed E-state index contributed by atoms with van der Waals surface area (Å²) in [6.45, 7) is 0. The molecule has 0 aliphatic rings. The van der Waals surface area contributed by atoms with E-state index in [9.17, 15) is 4.79 Å². The third kappa shape index (κ3) is 3.73. The maximum atomic E-state index is 10.4. The molecule has 0 atom stereocenters. The first-order valence-corrected chi connectivity index (χ1v) is 5.93. The SMILES string of the molecule is O=C(O)CCCc1cnc(Cc2ccccc2)o1. The zero-order chi connectivity index (χ0) is 12.8. The molecule has 2 aromatic rings. The van der Waals surface area contributed by atoms with E-state index >= 15 is 0 Å². The lowest BCUT2D eigenvalue weighted by Crippen LogP contribution is -1.95. The van der Waals surface area contributed by atoms with Gasteiger partial charge in [0.1, 0.15) is 5.76 Å². The number of hydrogen-bond donors (Lipinski definition) is 1. The van der Waals surface area contributed by atoms with Gasteiger partial charge in [-0.2, -0.15) is 0 Å². The lowest BCUT2D eigenvalue weighted by molar-refractivity contribution is -0.137. The molecule has 94 valence electrons. The molecule has 1 heterocycles. The number of rotatable bonds is 6. The summed E-state index contributed by atoms with van der Waals surface area (Å²) in [6.07, 6.45) is 3.71. The predicted molar refractivity (Wildman–Crippen MR) is 66.3 cm³/mol. The van der Waals surface area contributed by atoms with Gasteiger partial charge in [-0.1, -0.05) is 30.3 Å². The molecular weight excluding hydrogens is 230 g/mol. The maximum Gasteiger partial charge on any atom is 0.303 e. The van der Waals surface area contributed by atoms with Gasteiger partial charge in [0.05, 0.1) is 6.20 Å². The van der Waals surface area contributed by atoms with Gasteiger partial charge in [-0.15, -0.1) is 0 Å². The number of aromatic nitrogens is 1. The molecule has 1 aromatic heterocycles. The summed E-state index contributed by atoms with van der Waals surface area (Å²) in [6, 6.07) is 9.97. The minimum atomic E-state index is -0.779. The normalized spacial score (nSPS) is 10.4. The monoisotopic (exact) mass is 245 g/mol. The lowest BCUT2D eigenvalue weighted by atomic mass is 10.2. The van der Waals surface area contributed by atoms with Gasteiger partial charge in [0.25, 0.3) is 0 Å². The summed E-state index contributed by atoms with van der Waals surface area (Å²) in [5.41, 5.74) is 1.15. The quantitative estimate of drug-likeness (QED) is 0.849. The Morgan fingerprint density at radius 2 is 2.06 bits per heavy atom.